The summed E-state index contributed by atoms with van der Waals surface area (Å²) in [5, 5.41) is 3.79. The van der Waals surface area contributed by atoms with Crippen LogP contribution in [-0.4, -0.2) is 34.6 Å². The number of benzene rings is 2. The van der Waals surface area contributed by atoms with Crippen LogP contribution >= 0.6 is 23.4 Å². The third-order valence-electron chi connectivity index (χ3n) is 5.75. The Morgan fingerprint density at radius 3 is 2.32 bits per heavy atom. The van der Waals surface area contributed by atoms with Crippen LogP contribution in [0.3, 0.4) is 0 Å². The number of nitrogens with zero attached hydrogens (tertiary/aromatic N) is 1. The zero-order chi connectivity index (χ0) is 22.2. The fraction of sp³-hybridized carbons (Fsp3) is 0.440. The molecular formula is C25H31ClN2O2S. The molecule has 0 heterocycles. The molecule has 2 amide bonds. The minimum Gasteiger partial charge on any atom is -0.352 e. The van der Waals surface area contributed by atoms with Gasteiger partial charge in [-0.1, -0.05) is 66.4 Å². The SMILES string of the molecule is Cc1ccc(CSCC(=O)N(Cc2ccc(Cl)cc2)[C@@H](C)C(=O)NC2CCCC2)cc1. The Labute approximate surface area is 194 Å². The summed E-state index contributed by atoms with van der Waals surface area (Å²) in [7, 11) is 0. The average Bonchev–Trinajstić information content (AvgIpc) is 3.27. The molecule has 6 heteroatoms. The number of halogens is 1. The van der Waals surface area contributed by atoms with E-state index >= 15 is 0 Å². The second-order valence-electron chi connectivity index (χ2n) is 8.29. The summed E-state index contributed by atoms with van der Waals surface area (Å²) < 4.78 is 0. The van der Waals surface area contributed by atoms with Gasteiger partial charge in [-0.3, -0.25) is 9.59 Å². The summed E-state index contributed by atoms with van der Waals surface area (Å²) in [5.41, 5.74) is 3.38. The topological polar surface area (TPSA) is 49.4 Å². The lowest BCUT2D eigenvalue weighted by atomic mass is 10.1. The van der Waals surface area contributed by atoms with Gasteiger partial charge in [0.25, 0.3) is 0 Å². The molecule has 2 aromatic rings. The third-order valence-corrected chi connectivity index (χ3v) is 6.99. The summed E-state index contributed by atoms with van der Waals surface area (Å²) in [6, 6.07) is 15.5. The van der Waals surface area contributed by atoms with Crippen molar-refractivity contribution in [2.24, 2.45) is 0 Å². The van der Waals surface area contributed by atoms with Gasteiger partial charge < -0.3 is 10.2 Å². The number of aryl methyl sites for hydroxylation is 1. The largest absolute Gasteiger partial charge is 0.352 e. The molecule has 0 aliphatic heterocycles. The standard InChI is InChI=1S/C25H31ClN2O2S/c1-18-7-9-21(10-8-18)16-31-17-24(29)28(15-20-11-13-22(26)14-12-20)19(2)25(30)27-23-5-3-4-6-23/h7-14,19,23H,3-6,15-17H2,1-2H3,(H,27,30)/t19-/m0/s1. The van der Waals surface area contributed by atoms with Crippen LogP contribution in [0, 0.1) is 6.92 Å². The normalized spacial score (nSPS) is 14.9. The maximum Gasteiger partial charge on any atom is 0.242 e. The number of hydrogen-bond donors (Lipinski definition) is 1. The predicted molar refractivity (Wildman–Crippen MR) is 129 cm³/mol. The van der Waals surface area contributed by atoms with Gasteiger partial charge in [0.15, 0.2) is 0 Å². The van der Waals surface area contributed by atoms with Gasteiger partial charge in [-0.15, -0.1) is 11.8 Å². The van der Waals surface area contributed by atoms with Crippen molar-refractivity contribution < 1.29 is 9.59 Å². The third kappa shape index (κ3) is 7.29. The van der Waals surface area contributed by atoms with Crippen LogP contribution in [0.2, 0.25) is 5.02 Å². The van der Waals surface area contributed by atoms with Crippen LogP contribution in [0.4, 0.5) is 0 Å². The van der Waals surface area contributed by atoms with Gasteiger partial charge in [0.2, 0.25) is 11.8 Å². The van der Waals surface area contributed by atoms with Gasteiger partial charge in [-0.2, -0.15) is 0 Å². The van der Waals surface area contributed by atoms with E-state index in [1.165, 1.54) is 11.1 Å². The first kappa shape index (κ1) is 23.7. The van der Waals surface area contributed by atoms with E-state index in [2.05, 4.69) is 36.5 Å². The van der Waals surface area contributed by atoms with Crippen molar-refractivity contribution in [3.05, 3.63) is 70.2 Å². The maximum atomic E-state index is 13.1. The lowest BCUT2D eigenvalue weighted by Crippen LogP contribution is -2.50. The molecule has 0 bridgehead atoms. The van der Waals surface area contributed by atoms with Crippen molar-refractivity contribution in [3.8, 4) is 0 Å². The maximum absolute atomic E-state index is 13.1. The number of amides is 2. The van der Waals surface area contributed by atoms with Gasteiger partial charge in [0, 0.05) is 23.4 Å². The number of nitrogens with one attached hydrogen (secondary N) is 1. The second-order valence-corrected chi connectivity index (χ2v) is 9.71. The number of carbonyl (C=O) groups excluding carboxylic acids is 2. The van der Waals surface area contributed by atoms with Gasteiger partial charge in [0.1, 0.15) is 6.04 Å². The van der Waals surface area contributed by atoms with Crippen molar-refractivity contribution in [3.63, 3.8) is 0 Å². The van der Waals surface area contributed by atoms with Crippen molar-refractivity contribution in [1.29, 1.82) is 0 Å². The molecule has 1 aliphatic carbocycles. The molecular weight excluding hydrogens is 428 g/mol. The summed E-state index contributed by atoms with van der Waals surface area (Å²) >= 11 is 7.59. The van der Waals surface area contributed by atoms with Crippen LogP contribution in [0.25, 0.3) is 0 Å². The predicted octanol–water partition coefficient (Wildman–Crippen LogP) is 5.36. The molecule has 31 heavy (non-hydrogen) atoms. The smallest absolute Gasteiger partial charge is 0.242 e. The van der Waals surface area contributed by atoms with Crippen LogP contribution < -0.4 is 5.32 Å². The Morgan fingerprint density at radius 2 is 1.68 bits per heavy atom. The molecule has 1 fully saturated rings. The Hall–Kier alpha value is -1.98. The molecule has 0 spiro atoms. The minimum absolute atomic E-state index is 0.0267. The van der Waals surface area contributed by atoms with E-state index in [4.69, 9.17) is 11.6 Å². The number of hydrogen-bond acceptors (Lipinski definition) is 3. The first-order chi connectivity index (χ1) is 14.9. The lowest BCUT2D eigenvalue weighted by Gasteiger charge is -2.29. The molecule has 0 aromatic heterocycles. The Balaban J connectivity index is 1.64. The highest BCUT2D eigenvalue weighted by molar-refractivity contribution is 7.99. The van der Waals surface area contributed by atoms with E-state index in [1.807, 2.05) is 31.2 Å². The van der Waals surface area contributed by atoms with Crippen LogP contribution in [0.1, 0.15) is 49.3 Å². The number of carbonyl (C=O) groups is 2. The zero-order valence-corrected chi connectivity index (χ0v) is 19.8. The minimum atomic E-state index is -0.524. The van der Waals surface area contributed by atoms with Crippen molar-refractivity contribution in [2.45, 2.75) is 63.9 Å². The van der Waals surface area contributed by atoms with Gasteiger partial charge in [-0.05, 0) is 49.9 Å². The number of rotatable bonds is 9. The molecule has 1 atom stereocenters. The molecule has 0 saturated heterocycles. The molecule has 2 aromatic carbocycles. The van der Waals surface area contributed by atoms with E-state index in [1.54, 1.807) is 16.7 Å². The summed E-state index contributed by atoms with van der Waals surface area (Å²) in [4.78, 5) is 27.7. The van der Waals surface area contributed by atoms with Crippen LogP contribution in [-0.2, 0) is 21.9 Å². The molecule has 4 nitrogen and oxygen atoms in total. The van der Waals surface area contributed by atoms with E-state index in [0.29, 0.717) is 17.3 Å². The van der Waals surface area contributed by atoms with Crippen molar-refractivity contribution in [1.82, 2.24) is 10.2 Å². The highest BCUT2D eigenvalue weighted by Crippen LogP contribution is 2.20. The van der Waals surface area contributed by atoms with Gasteiger partial charge in [-0.25, -0.2) is 0 Å². The first-order valence-electron chi connectivity index (χ1n) is 10.9. The highest BCUT2D eigenvalue weighted by Gasteiger charge is 2.28. The average molecular weight is 459 g/mol. The summed E-state index contributed by atoms with van der Waals surface area (Å²) in [6.45, 7) is 4.27. The highest BCUT2D eigenvalue weighted by atomic mass is 35.5. The molecule has 1 aliphatic rings. The fourth-order valence-corrected chi connectivity index (χ4v) is 4.78. The first-order valence-corrected chi connectivity index (χ1v) is 12.4. The Kier molecular flexibility index (Phi) is 8.85. The van der Waals surface area contributed by atoms with Crippen LogP contribution in [0.5, 0.6) is 0 Å². The van der Waals surface area contributed by atoms with E-state index in [-0.39, 0.29) is 17.9 Å². The monoisotopic (exact) mass is 458 g/mol. The van der Waals surface area contributed by atoms with E-state index < -0.39 is 6.04 Å². The Morgan fingerprint density at radius 1 is 1.06 bits per heavy atom. The van der Waals surface area contributed by atoms with Gasteiger partial charge in [0.05, 0.1) is 5.75 Å². The second kappa shape index (κ2) is 11.6. The number of thioether (sulfide) groups is 1. The Bertz CT molecular complexity index is 864. The van der Waals surface area contributed by atoms with Gasteiger partial charge >= 0.3 is 0 Å². The molecule has 3 rings (SSSR count). The molecule has 0 radical (unpaired) electrons. The molecule has 1 N–H and O–H groups in total. The quantitative estimate of drug-likeness (QED) is 0.550. The zero-order valence-electron chi connectivity index (χ0n) is 18.3. The van der Waals surface area contributed by atoms with Crippen molar-refractivity contribution >= 4 is 35.2 Å². The van der Waals surface area contributed by atoms with Crippen molar-refractivity contribution in [2.75, 3.05) is 5.75 Å². The van der Waals surface area contributed by atoms with E-state index in [9.17, 15) is 9.59 Å². The molecule has 0 unspecified atom stereocenters. The van der Waals surface area contributed by atoms with Crippen LogP contribution in [0.15, 0.2) is 48.5 Å². The van der Waals surface area contributed by atoms with E-state index in [0.717, 1.165) is 37.0 Å². The fourth-order valence-electron chi connectivity index (χ4n) is 3.78. The summed E-state index contributed by atoms with van der Waals surface area (Å²) in [6.07, 6.45) is 4.36. The molecule has 1 saturated carbocycles. The summed E-state index contributed by atoms with van der Waals surface area (Å²) in [5.74, 6) is 1.00. The lowest BCUT2D eigenvalue weighted by molar-refractivity contribution is -0.138. The molecule has 166 valence electrons.